The number of imidazole rings is 1. The van der Waals surface area contributed by atoms with Gasteiger partial charge in [0, 0.05) is 20.0 Å². The number of nitrogens with zero attached hydrogens (tertiary/aromatic N) is 2. The van der Waals surface area contributed by atoms with E-state index in [-0.39, 0.29) is 33.0 Å². The third-order valence-corrected chi connectivity index (χ3v) is 6.31. The Kier molecular flexibility index (Phi) is 4.69. The zero-order valence-electron chi connectivity index (χ0n) is 15.6. The van der Waals surface area contributed by atoms with Crippen molar-refractivity contribution in [2.24, 2.45) is 20.0 Å². The van der Waals surface area contributed by atoms with Crippen molar-refractivity contribution in [1.82, 2.24) is 9.13 Å². The minimum atomic E-state index is -3.89. The summed E-state index contributed by atoms with van der Waals surface area (Å²) in [5.74, 6) is -0.632. The fourth-order valence-corrected chi connectivity index (χ4v) is 4.29. The SMILES string of the molecule is CC(C)C(=O)Nc1cc2c(cc1S(=O)(=O)c1ccccc1)n(C)c(=O)n2C. The molecular weight excluding hydrogens is 366 g/mol. The maximum absolute atomic E-state index is 13.2. The Morgan fingerprint density at radius 1 is 1.00 bits per heavy atom. The van der Waals surface area contributed by atoms with Crippen molar-refractivity contribution >= 4 is 32.5 Å². The first-order valence-electron chi connectivity index (χ1n) is 8.45. The van der Waals surface area contributed by atoms with Crippen LogP contribution >= 0.6 is 0 Å². The lowest BCUT2D eigenvalue weighted by atomic mass is 10.2. The first kappa shape index (κ1) is 18.9. The van der Waals surface area contributed by atoms with Crippen molar-refractivity contribution < 1.29 is 13.2 Å². The van der Waals surface area contributed by atoms with Gasteiger partial charge in [-0.2, -0.15) is 0 Å². The van der Waals surface area contributed by atoms with E-state index in [0.29, 0.717) is 11.0 Å². The molecule has 0 spiro atoms. The lowest BCUT2D eigenvalue weighted by molar-refractivity contribution is -0.118. The van der Waals surface area contributed by atoms with Crippen LogP contribution in [0.15, 0.2) is 57.1 Å². The Morgan fingerprint density at radius 2 is 1.56 bits per heavy atom. The van der Waals surface area contributed by atoms with E-state index in [4.69, 9.17) is 0 Å². The predicted molar refractivity (Wildman–Crippen MR) is 104 cm³/mol. The number of carbonyl (C=O) groups is 1. The number of rotatable bonds is 4. The number of sulfone groups is 1. The molecule has 0 aliphatic rings. The van der Waals surface area contributed by atoms with E-state index in [1.807, 2.05) is 0 Å². The molecule has 142 valence electrons. The van der Waals surface area contributed by atoms with Gasteiger partial charge in [-0.25, -0.2) is 13.2 Å². The quantitative estimate of drug-likeness (QED) is 0.744. The maximum Gasteiger partial charge on any atom is 0.328 e. The van der Waals surface area contributed by atoms with Gasteiger partial charge < -0.3 is 5.32 Å². The van der Waals surface area contributed by atoms with Crippen LogP contribution < -0.4 is 11.0 Å². The van der Waals surface area contributed by atoms with Crippen LogP contribution in [-0.4, -0.2) is 23.5 Å². The molecule has 27 heavy (non-hydrogen) atoms. The van der Waals surface area contributed by atoms with Crippen LogP contribution in [0.1, 0.15) is 13.8 Å². The summed E-state index contributed by atoms with van der Waals surface area (Å²) < 4.78 is 29.2. The van der Waals surface area contributed by atoms with Crippen molar-refractivity contribution in [2.45, 2.75) is 23.6 Å². The molecule has 0 saturated heterocycles. The highest BCUT2D eigenvalue weighted by Gasteiger charge is 2.25. The molecule has 3 aromatic rings. The van der Waals surface area contributed by atoms with Crippen molar-refractivity contribution in [3.63, 3.8) is 0 Å². The number of benzene rings is 2. The third-order valence-electron chi connectivity index (χ3n) is 4.50. The number of anilines is 1. The van der Waals surface area contributed by atoms with Gasteiger partial charge >= 0.3 is 5.69 Å². The summed E-state index contributed by atoms with van der Waals surface area (Å²) in [6, 6.07) is 11.0. The monoisotopic (exact) mass is 387 g/mol. The Morgan fingerprint density at radius 3 is 2.11 bits per heavy atom. The number of aryl methyl sites for hydroxylation is 2. The maximum atomic E-state index is 13.2. The summed E-state index contributed by atoms with van der Waals surface area (Å²) in [5, 5.41) is 2.69. The number of carbonyl (C=O) groups excluding carboxylic acids is 1. The topological polar surface area (TPSA) is 90.2 Å². The molecule has 3 rings (SSSR count). The molecule has 0 aliphatic heterocycles. The van der Waals surface area contributed by atoms with E-state index < -0.39 is 9.84 Å². The van der Waals surface area contributed by atoms with E-state index in [9.17, 15) is 18.0 Å². The van der Waals surface area contributed by atoms with Crippen LogP contribution in [0, 0.1) is 5.92 Å². The zero-order chi connectivity index (χ0) is 19.9. The molecule has 0 fully saturated rings. The fourth-order valence-electron chi connectivity index (χ4n) is 2.85. The first-order valence-corrected chi connectivity index (χ1v) is 9.93. The van der Waals surface area contributed by atoms with Crippen molar-refractivity contribution in [3.05, 3.63) is 52.9 Å². The molecule has 1 N–H and O–H groups in total. The Bertz CT molecular complexity index is 1190. The summed E-state index contributed by atoms with van der Waals surface area (Å²) in [4.78, 5) is 24.6. The van der Waals surface area contributed by atoms with Gasteiger partial charge in [0.2, 0.25) is 15.7 Å². The average molecular weight is 387 g/mol. The van der Waals surface area contributed by atoms with Crippen molar-refractivity contribution in [2.75, 3.05) is 5.32 Å². The molecule has 1 aromatic heterocycles. The van der Waals surface area contributed by atoms with E-state index >= 15 is 0 Å². The van der Waals surface area contributed by atoms with Gasteiger partial charge in [-0.15, -0.1) is 0 Å². The molecule has 7 nitrogen and oxygen atoms in total. The standard InChI is InChI=1S/C19H21N3O4S/c1-12(2)18(23)20-14-10-15-16(22(4)19(24)21(15)3)11-17(14)27(25,26)13-8-6-5-7-9-13/h5-12H,1-4H3,(H,20,23). The average Bonchev–Trinajstić information content (AvgIpc) is 2.85. The van der Waals surface area contributed by atoms with Crippen LogP contribution in [0.4, 0.5) is 5.69 Å². The van der Waals surface area contributed by atoms with Gasteiger partial charge in [0.25, 0.3) is 0 Å². The second kappa shape index (κ2) is 6.70. The Labute approximate surface area is 157 Å². The highest BCUT2D eigenvalue weighted by atomic mass is 32.2. The Balaban J connectivity index is 2.33. The second-order valence-electron chi connectivity index (χ2n) is 6.70. The van der Waals surface area contributed by atoms with Crippen LogP contribution in [-0.2, 0) is 28.7 Å². The summed E-state index contributed by atoms with van der Waals surface area (Å²) >= 11 is 0. The molecular formula is C19H21N3O4S. The predicted octanol–water partition coefficient (Wildman–Crippen LogP) is 2.30. The minimum Gasteiger partial charge on any atom is -0.325 e. The van der Waals surface area contributed by atoms with Crippen molar-refractivity contribution in [3.8, 4) is 0 Å². The summed E-state index contributed by atoms with van der Waals surface area (Å²) in [7, 11) is -0.712. The summed E-state index contributed by atoms with van der Waals surface area (Å²) in [5.41, 5.74) is 0.889. The number of hydrogen-bond donors (Lipinski definition) is 1. The lowest BCUT2D eigenvalue weighted by Crippen LogP contribution is -2.20. The second-order valence-corrected chi connectivity index (χ2v) is 8.62. The lowest BCUT2D eigenvalue weighted by Gasteiger charge is -2.14. The minimum absolute atomic E-state index is 0.0450. The number of fused-ring (bicyclic) bond motifs is 1. The van der Waals surface area contributed by atoms with Gasteiger partial charge in [0.05, 0.1) is 26.5 Å². The van der Waals surface area contributed by atoms with Crippen molar-refractivity contribution in [1.29, 1.82) is 0 Å². The highest BCUT2D eigenvalue weighted by Crippen LogP contribution is 2.32. The molecule has 1 heterocycles. The third kappa shape index (κ3) is 3.16. The van der Waals surface area contributed by atoms with E-state index in [1.165, 1.54) is 33.4 Å². The largest absolute Gasteiger partial charge is 0.328 e. The van der Waals surface area contributed by atoms with E-state index in [2.05, 4.69) is 5.32 Å². The normalized spacial score (nSPS) is 11.9. The Hall–Kier alpha value is -2.87. The zero-order valence-corrected chi connectivity index (χ0v) is 16.4. The van der Waals surface area contributed by atoms with E-state index in [0.717, 1.165) is 0 Å². The van der Waals surface area contributed by atoms with Crippen LogP contribution in [0.3, 0.4) is 0 Å². The molecule has 0 bridgehead atoms. The first-order chi connectivity index (χ1) is 12.6. The fraction of sp³-hybridized carbons (Fsp3) is 0.263. The number of aromatic nitrogens is 2. The molecule has 8 heteroatoms. The molecule has 0 radical (unpaired) electrons. The number of amides is 1. The number of nitrogens with one attached hydrogen (secondary N) is 1. The highest BCUT2D eigenvalue weighted by molar-refractivity contribution is 7.91. The molecule has 1 amide bonds. The van der Waals surface area contributed by atoms with Gasteiger partial charge in [-0.1, -0.05) is 32.0 Å². The molecule has 0 aliphatic carbocycles. The van der Waals surface area contributed by atoms with Crippen LogP contribution in [0.5, 0.6) is 0 Å². The van der Waals surface area contributed by atoms with Gasteiger partial charge in [-0.05, 0) is 24.3 Å². The molecule has 0 atom stereocenters. The molecule has 0 saturated carbocycles. The molecule has 2 aromatic carbocycles. The van der Waals surface area contributed by atoms with Gasteiger partial charge in [0.1, 0.15) is 0 Å². The summed E-state index contributed by atoms with van der Waals surface area (Å²) in [6.45, 7) is 3.44. The smallest absolute Gasteiger partial charge is 0.325 e. The van der Waals surface area contributed by atoms with Crippen LogP contribution in [0.25, 0.3) is 11.0 Å². The van der Waals surface area contributed by atoms with E-state index in [1.54, 1.807) is 46.1 Å². The van der Waals surface area contributed by atoms with Gasteiger partial charge in [-0.3, -0.25) is 13.9 Å². The number of hydrogen-bond acceptors (Lipinski definition) is 4. The van der Waals surface area contributed by atoms with Crippen LogP contribution in [0.2, 0.25) is 0 Å². The summed E-state index contributed by atoms with van der Waals surface area (Å²) in [6.07, 6.45) is 0. The molecule has 0 unspecified atom stereocenters. The van der Waals surface area contributed by atoms with Gasteiger partial charge in [0.15, 0.2) is 0 Å².